The Hall–Kier alpha value is -2.64. The van der Waals surface area contributed by atoms with Crippen molar-refractivity contribution in [2.45, 2.75) is 44.2 Å². The summed E-state index contributed by atoms with van der Waals surface area (Å²) in [7, 11) is 0. The molecule has 1 aromatic heterocycles. The van der Waals surface area contributed by atoms with Crippen molar-refractivity contribution in [1.82, 2.24) is 4.57 Å². The average Bonchev–Trinajstić information content (AvgIpc) is 3.39. The summed E-state index contributed by atoms with van der Waals surface area (Å²) in [6, 6.07) is 3.34. The molecule has 2 fully saturated rings. The topological polar surface area (TPSA) is 74.5 Å². The summed E-state index contributed by atoms with van der Waals surface area (Å²) in [6.45, 7) is 1.13. The predicted octanol–water partition coefficient (Wildman–Crippen LogP) is 4.48. The van der Waals surface area contributed by atoms with Crippen molar-refractivity contribution >= 4 is 11.6 Å². The van der Waals surface area contributed by atoms with E-state index in [4.69, 9.17) is 0 Å². The van der Waals surface area contributed by atoms with Crippen molar-refractivity contribution in [3.63, 3.8) is 0 Å². The molecular weight excluding hydrogens is 373 g/mol. The number of nitrogens with one attached hydrogen (secondary N) is 1. The zero-order valence-corrected chi connectivity index (χ0v) is 15.0. The Morgan fingerprint density at radius 3 is 2.18 bits per heavy atom. The molecule has 148 valence electrons. The van der Waals surface area contributed by atoms with E-state index in [9.17, 15) is 28.2 Å². The molecule has 0 unspecified atom stereocenters. The summed E-state index contributed by atoms with van der Waals surface area (Å²) in [5.41, 5.74) is 0.0235. The minimum absolute atomic E-state index is 0.0129. The van der Waals surface area contributed by atoms with Gasteiger partial charge in [0.1, 0.15) is 0 Å². The summed E-state index contributed by atoms with van der Waals surface area (Å²) < 4.78 is 41.7. The Morgan fingerprint density at radius 2 is 1.68 bits per heavy atom. The van der Waals surface area contributed by atoms with Crippen LogP contribution in [0.25, 0.3) is 5.69 Å². The van der Waals surface area contributed by atoms with Gasteiger partial charge in [0.25, 0.3) is 0 Å². The van der Waals surface area contributed by atoms with E-state index in [1.807, 2.05) is 0 Å². The molecular formula is C20H19F3N2O3. The van der Waals surface area contributed by atoms with E-state index < -0.39 is 17.6 Å². The van der Waals surface area contributed by atoms with E-state index in [-0.39, 0.29) is 35.0 Å². The third kappa shape index (κ3) is 2.29. The fourth-order valence-electron chi connectivity index (χ4n) is 5.43. The number of amides is 1. The zero-order chi connectivity index (χ0) is 20.0. The lowest BCUT2D eigenvalue weighted by molar-refractivity contribution is -0.137. The van der Waals surface area contributed by atoms with Crippen molar-refractivity contribution in [3.05, 3.63) is 34.9 Å². The standard InChI is InChI=1S/C20H19F3N2O3/c1-8(26)24-15-5-2-9(6-14(15)20(21,22)23)25-18(27)16-10-3-4-11(13-7-12(10)13)17(16)19(25)28/h2,5-6,10-13,27-28H,3-4,7H2,1H3,(H,24,26)/t10-,11+,12+,13-. The van der Waals surface area contributed by atoms with Gasteiger partial charge in [-0.25, -0.2) is 0 Å². The van der Waals surface area contributed by atoms with E-state index in [0.29, 0.717) is 23.0 Å². The van der Waals surface area contributed by atoms with Crippen LogP contribution in [0.3, 0.4) is 0 Å². The van der Waals surface area contributed by atoms with Crippen molar-refractivity contribution < 1.29 is 28.2 Å². The van der Waals surface area contributed by atoms with Gasteiger partial charge < -0.3 is 15.5 Å². The Morgan fingerprint density at radius 1 is 1.11 bits per heavy atom. The number of carbonyl (C=O) groups excluding carboxylic acids is 1. The van der Waals surface area contributed by atoms with E-state index in [2.05, 4.69) is 5.32 Å². The highest BCUT2D eigenvalue weighted by atomic mass is 19.4. The number of alkyl halides is 3. The molecule has 4 aliphatic carbocycles. The monoisotopic (exact) mass is 392 g/mol. The first-order valence-corrected chi connectivity index (χ1v) is 9.34. The lowest BCUT2D eigenvalue weighted by Gasteiger charge is -2.35. The molecule has 8 heteroatoms. The first kappa shape index (κ1) is 17.5. The Balaban J connectivity index is 1.66. The molecule has 2 aromatic rings. The maximum Gasteiger partial charge on any atom is 0.418 e. The molecule has 0 radical (unpaired) electrons. The number of anilines is 1. The second-order valence-corrected chi connectivity index (χ2v) is 8.07. The van der Waals surface area contributed by atoms with Crippen LogP contribution < -0.4 is 5.32 Å². The van der Waals surface area contributed by atoms with Crippen LogP contribution in [0.5, 0.6) is 11.8 Å². The molecule has 2 saturated carbocycles. The smallest absolute Gasteiger partial charge is 0.418 e. The van der Waals surface area contributed by atoms with Gasteiger partial charge in [0.15, 0.2) is 0 Å². The van der Waals surface area contributed by atoms with Crippen molar-refractivity contribution in [2.24, 2.45) is 11.8 Å². The number of fused-ring (bicyclic) bond motifs is 1. The number of aromatic hydroxyl groups is 2. The highest BCUT2D eigenvalue weighted by Gasteiger charge is 2.59. The fourth-order valence-corrected chi connectivity index (χ4v) is 5.43. The van der Waals surface area contributed by atoms with Crippen molar-refractivity contribution in [2.75, 3.05) is 5.32 Å². The van der Waals surface area contributed by atoms with Gasteiger partial charge in [-0.3, -0.25) is 9.36 Å². The number of halogens is 3. The van der Waals surface area contributed by atoms with Crippen molar-refractivity contribution in [3.8, 4) is 17.4 Å². The number of benzene rings is 1. The molecule has 0 aliphatic heterocycles. The highest BCUT2D eigenvalue weighted by molar-refractivity contribution is 5.90. The molecule has 28 heavy (non-hydrogen) atoms. The van der Waals surface area contributed by atoms with Gasteiger partial charge in [-0.15, -0.1) is 0 Å². The fraction of sp³-hybridized carbons (Fsp3) is 0.450. The second-order valence-electron chi connectivity index (χ2n) is 8.07. The molecule has 1 amide bonds. The molecule has 1 aromatic carbocycles. The van der Waals surface area contributed by atoms with Crippen LogP contribution >= 0.6 is 0 Å². The maximum atomic E-state index is 13.5. The number of carbonyl (C=O) groups is 1. The number of hydrogen-bond donors (Lipinski definition) is 3. The minimum atomic E-state index is -4.70. The Kier molecular flexibility index (Phi) is 3.40. The van der Waals surface area contributed by atoms with Gasteiger partial charge in [-0.05, 0) is 61.1 Å². The first-order valence-electron chi connectivity index (χ1n) is 9.34. The van der Waals surface area contributed by atoms with Gasteiger partial charge >= 0.3 is 6.18 Å². The van der Waals surface area contributed by atoms with Gasteiger partial charge in [0.2, 0.25) is 17.7 Å². The van der Waals surface area contributed by atoms with Crippen LogP contribution in [0.4, 0.5) is 18.9 Å². The maximum absolute atomic E-state index is 13.5. The summed E-state index contributed by atoms with van der Waals surface area (Å²) in [5.74, 6) is 0.397. The molecule has 0 spiro atoms. The van der Waals surface area contributed by atoms with Gasteiger partial charge in [-0.1, -0.05) is 0 Å². The Bertz CT molecular complexity index is 972. The zero-order valence-electron chi connectivity index (χ0n) is 15.0. The molecule has 4 aliphatic rings. The summed E-state index contributed by atoms with van der Waals surface area (Å²) >= 11 is 0. The lowest BCUT2D eigenvalue weighted by atomic mass is 9.68. The third-order valence-electron chi connectivity index (χ3n) is 6.53. The van der Waals surface area contributed by atoms with Crippen LogP contribution in [0, 0.1) is 11.8 Å². The molecule has 5 nitrogen and oxygen atoms in total. The molecule has 3 N–H and O–H groups in total. The van der Waals surface area contributed by atoms with E-state index in [0.717, 1.165) is 42.9 Å². The molecule has 2 bridgehead atoms. The summed E-state index contributed by atoms with van der Waals surface area (Å²) in [4.78, 5) is 11.2. The van der Waals surface area contributed by atoms with E-state index in [1.165, 1.54) is 6.07 Å². The third-order valence-corrected chi connectivity index (χ3v) is 6.53. The second kappa shape index (κ2) is 5.46. The van der Waals surface area contributed by atoms with Gasteiger partial charge in [-0.2, -0.15) is 13.2 Å². The van der Waals surface area contributed by atoms with Crippen LogP contribution in [0.1, 0.15) is 54.7 Å². The average molecular weight is 392 g/mol. The van der Waals surface area contributed by atoms with Gasteiger partial charge in [0.05, 0.1) is 16.9 Å². The first-order chi connectivity index (χ1) is 13.2. The number of nitrogens with zero attached hydrogens (tertiary/aromatic N) is 1. The normalized spacial score (nSPS) is 27.3. The van der Waals surface area contributed by atoms with Crippen LogP contribution in [-0.2, 0) is 11.0 Å². The quantitative estimate of drug-likeness (QED) is 0.706. The highest BCUT2D eigenvalue weighted by Crippen LogP contribution is 2.70. The molecule has 4 atom stereocenters. The van der Waals surface area contributed by atoms with Crippen LogP contribution in [0.2, 0.25) is 0 Å². The molecule has 1 heterocycles. The number of aromatic nitrogens is 1. The largest absolute Gasteiger partial charge is 0.494 e. The number of hydrogen-bond acceptors (Lipinski definition) is 3. The predicted molar refractivity (Wildman–Crippen MR) is 94.7 cm³/mol. The molecule has 6 rings (SSSR count). The van der Waals surface area contributed by atoms with Gasteiger partial charge in [0, 0.05) is 18.1 Å². The Labute approximate surface area is 158 Å². The summed E-state index contributed by atoms with van der Waals surface area (Å²) in [5, 5.41) is 23.8. The lowest BCUT2D eigenvalue weighted by Crippen LogP contribution is -2.22. The molecule has 0 saturated heterocycles. The summed E-state index contributed by atoms with van der Waals surface area (Å²) in [6.07, 6.45) is -1.74. The van der Waals surface area contributed by atoms with Crippen LogP contribution in [-0.4, -0.2) is 20.7 Å². The van der Waals surface area contributed by atoms with Crippen molar-refractivity contribution in [1.29, 1.82) is 0 Å². The minimum Gasteiger partial charge on any atom is -0.494 e. The van der Waals surface area contributed by atoms with Crippen LogP contribution in [0.15, 0.2) is 18.2 Å². The SMILES string of the molecule is CC(=O)Nc1ccc(-n2c(O)c3c(c2O)[C@@H]2CC[C@H]3[C@H]3C[C@H]32)cc1C(F)(F)F. The van der Waals surface area contributed by atoms with E-state index >= 15 is 0 Å². The number of rotatable bonds is 2. The van der Waals surface area contributed by atoms with E-state index in [1.54, 1.807) is 0 Å².